The predicted molar refractivity (Wildman–Crippen MR) is 146 cm³/mol. The largest absolute Gasteiger partial charge is 0.494 e. The minimum Gasteiger partial charge on any atom is -0.494 e. The van der Waals surface area contributed by atoms with Crippen LogP contribution in [0.15, 0.2) is 61.6 Å². The van der Waals surface area contributed by atoms with Crippen molar-refractivity contribution in [3.05, 3.63) is 73.3 Å². The molecular formula is C27H31BrN4O3. The molecule has 0 bridgehead atoms. The molecule has 0 aliphatic rings. The molecule has 0 radical (unpaired) electrons. The van der Waals surface area contributed by atoms with Crippen molar-refractivity contribution in [2.75, 3.05) is 6.61 Å². The number of ether oxygens (including phenoxy) is 1. The number of unbranched alkanes of at least 4 members (excludes halogenated alkanes) is 7. The first-order chi connectivity index (χ1) is 17.1. The van der Waals surface area contributed by atoms with Crippen LogP contribution in [0.5, 0.6) is 5.75 Å². The minimum atomic E-state index is -0.593. The highest BCUT2D eigenvalue weighted by Gasteiger charge is 2.12. The summed E-state index contributed by atoms with van der Waals surface area (Å²) >= 11 is 3.42. The molecular weight excluding hydrogens is 508 g/mol. The van der Waals surface area contributed by atoms with Gasteiger partial charge < -0.3 is 14.7 Å². The van der Waals surface area contributed by atoms with Gasteiger partial charge in [-0.05, 0) is 54.4 Å². The smallest absolute Gasteiger partial charge is 0.350 e. The second kappa shape index (κ2) is 12.0. The third kappa shape index (κ3) is 6.31. The van der Waals surface area contributed by atoms with Gasteiger partial charge in [0.2, 0.25) is 0 Å². The van der Waals surface area contributed by atoms with E-state index in [9.17, 15) is 9.59 Å². The molecule has 0 fully saturated rings. The first kappa shape index (κ1) is 25.0. The summed E-state index contributed by atoms with van der Waals surface area (Å²) in [4.78, 5) is 31.3. The molecule has 35 heavy (non-hydrogen) atoms. The van der Waals surface area contributed by atoms with Gasteiger partial charge in [0.05, 0.1) is 18.3 Å². The average Bonchev–Trinajstić information content (AvgIpc) is 3.21. The van der Waals surface area contributed by atoms with E-state index in [2.05, 4.69) is 37.9 Å². The number of nitrogens with zero attached hydrogens (tertiary/aromatic N) is 2. The number of H-pyrrole nitrogens is 2. The number of halogens is 1. The van der Waals surface area contributed by atoms with Crippen LogP contribution in [0.4, 0.5) is 0 Å². The Hall–Kier alpha value is -3.13. The molecule has 0 saturated carbocycles. The maximum absolute atomic E-state index is 12.9. The van der Waals surface area contributed by atoms with Gasteiger partial charge in [0, 0.05) is 15.4 Å². The molecule has 0 atom stereocenters. The average molecular weight is 539 g/mol. The Morgan fingerprint density at radius 3 is 2.37 bits per heavy atom. The Labute approximate surface area is 212 Å². The van der Waals surface area contributed by atoms with Crippen LogP contribution in [0.2, 0.25) is 0 Å². The number of aromatic nitrogens is 3. The van der Waals surface area contributed by atoms with E-state index in [-0.39, 0.29) is 0 Å². The SMILES string of the molecule is CCCCCCCCCCOc1ccc(C=Nn2c(=O)[nH]c3c([nH]c4ccc(Br)cc43)c2=O)cc1. The fourth-order valence-corrected chi connectivity index (χ4v) is 4.48. The van der Waals surface area contributed by atoms with Crippen molar-refractivity contribution in [1.29, 1.82) is 0 Å². The maximum Gasteiger partial charge on any atom is 0.350 e. The number of benzene rings is 2. The maximum atomic E-state index is 12.9. The lowest BCUT2D eigenvalue weighted by Gasteiger charge is -2.06. The van der Waals surface area contributed by atoms with Gasteiger partial charge in [-0.15, -0.1) is 4.68 Å². The first-order valence-electron chi connectivity index (χ1n) is 12.3. The Bertz CT molecular complexity index is 1420. The van der Waals surface area contributed by atoms with Gasteiger partial charge >= 0.3 is 11.2 Å². The molecule has 2 N–H and O–H groups in total. The Kier molecular flexibility index (Phi) is 8.58. The standard InChI is InChI=1S/C27H31BrN4O3/c1-2-3-4-5-6-7-8-9-16-35-21-13-10-19(11-14-21)18-29-32-26(33)25-24(31-27(32)34)22-17-20(28)12-15-23(22)30-25/h10-15,17-18,30H,2-9,16H2,1H3,(H,31,34). The summed E-state index contributed by atoms with van der Waals surface area (Å²) in [7, 11) is 0. The van der Waals surface area contributed by atoms with Crippen LogP contribution in [-0.4, -0.2) is 27.5 Å². The zero-order valence-corrected chi connectivity index (χ0v) is 21.6. The van der Waals surface area contributed by atoms with Crippen LogP contribution in [0.1, 0.15) is 63.9 Å². The van der Waals surface area contributed by atoms with Crippen LogP contribution >= 0.6 is 15.9 Å². The normalized spacial score (nSPS) is 11.7. The monoisotopic (exact) mass is 538 g/mol. The van der Waals surface area contributed by atoms with E-state index < -0.39 is 11.2 Å². The van der Waals surface area contributed by atoms with Gasteiger partial charge in [0.25, 0.3) is 0 Å². The topological polar surface area (TPSA) is 92.2 Å². The van der Waals surface area contributed by atoms with E-state index in [0.29, 0.717) is 17.6 Å². The Balaban J connectivity index is 1.35. The molecule has 0 spiro atoms. The molecule has 0 amide bonds. The zero-order chi connectivity index (χ0) is 24.6. The van der Waals surface area contributed by atoms with E-state index in [1.165, 1.54) is 51.2 Å². The fraction of sp³-hybridized carbons (Fsp3) is 0.370. The van der Waals surface area contributed by atoms with Gasteiger partial charge in [0.15, 0.2) is 0 Å². The molecule has 184 valence electrons. The summed E-state index contributed by atoms with van der Waals surface area (Å²) in [5.41, 5.74) is 1.21. The lowest BCUT2D eigenvalue weighted by Crippen LogP contribution is -2.32. The second-order valence-electron chi connectivity index (χ2n) is 8.75. The van der Waals surface area contributed by atoms with Gasteiger partial charge in [-0.2, -0.15) is 5.10 Å². The molecule has 0 saturated heterocycles. The molecule has 7 nitrogen and oxygen atoms in total. The van der Waals surface area contributed by atoms with Crippen LogP contribution in [0.3, 0.4) is 0 Å². The third-order valence-electron chi connectivity index (χ3n) is 6.06. The van der Waals surface area contributed by atoms with Crippen molar-refractivity contribution in [2.24, 2.45) is 5.10 Å². The molecule has 2 aromatic heterocycles. The molecule has 0 unspecified atom stereocenters. The van der Waals surface area contributed by atoms with Crippen LogP contribution in [0.25, 0.3) is 21.9 Å². The van der Waals surface area contributed by atoms with Gasteiger partial charge in [0.1, 0.15) is 11.3 Å². The molecule has 2 heterocycles. The fourth-order valence-electron chi connectivity index (χ4n) is 4.12. The number of hydrogen-bond acceptors (Lipinski definition) is 4. The summed E-state index contributed by atoms with van der Waals surface area (Å²) in [5, 5.41) is 4.90. The second-order valence-corrected chi connectivity index (χ2v) is 9.66. The van der Waals surface area contributed by atoms with E-state index in [4.69, 9.17) is 4.74 Å². The summed E-state index contributed by atoms with van der Waals surface area (Å²) in [6, 6.07) is 13.0. The summed E-state index contributed by atoms with van der Waals surface area (Å²) < 4.78 is 7.52. The van der Waals surface area contributed by atoms with Crippen molar-refractivity contribution in [2.45, 2.75) is 58.3 Å². The lowest BCUT2D eigenvalue weighted by molar-refractivity contribution is 0.304. The Morgan fingerprint density at radius 2 is 1.63 bits per heavy atom. The van der Waals surface area contributed by atoms with E-state index >= 15 is 0 Å². The first-order valence-corrected chi connectivity index (χ1v) is 13.1. The Morgan fingerprint density at radius 1 is 0.914 bits per heavy atom. The van der Waals surface area contributed by atoms with Crippen LogP contribution in [-0.2, 0) is 0 Å². The van der Waals surface area contributed by atoms with Crippen LogP contribution in [0, 0.1) is 0 Å². The number of hydrogen-bond donors (Lipinski definition) is 2. The molecule has 8 heteroatoms. The highest BCUT2D eigenvalue weighted by atomic mass is 79.9. The van der Waals surface area contributed by atoms with Crippen LogP contribution < -0.4 is 16.0 Å². The molecule has 0 aliphatic heterocycles. The highest BCUT2D eigenvalue weighted by Crippen LogP contribution is 2.24. The summed E-state index contributed by atoms with van der Waals surface area (Å²) in [5.74, 6) is 0.797. The highest BCUT2D eigenvalue weighted by molar-refractivity contribution is 9.10. The van der Waals surface area contributed by atoms with E-state index in [0.717, 1.165) is 37.8 Å². The van der Waals surface area contributed by atoms with Crippen molar-refractivity contribution in [3.8, 4) is 5.75 Å². The number of aromatic amines is 2. The molecule has 0 aliphatic carbocycles. The summed E-state index contributed by atoms with van der Waals surface area (Å²) in [6.45, 7) is 2.94. The van der Waals surface area contributed by atoms with E-state index in [1.54, 1.807) is 0 Å². The van der Waals surface area contributed by atoms with Crippen molar-refractivity contribution in [1.82, 2.24) is 14.6 Å². The molecule has 2 aromatic carbocycles. The third-order valence-corrected chi connectivity index (χ3v) is 6.55. The number of rotatable bonds is 12. The van der Waals surface area contributed by atoms with Crippen molar-refractivity contribution in [3.63, 3.8) is 0 Å². The van der Waals surface area contributed by atoms with Gasteiger partial charge in [-0.3, -0.25) is 4.79 Å². The zero-order valence-electron chi connectivity index (χ0n) is 20.0. The molecule has 4 rings (SSSR count). The quantitative estimate of drug-likeness (QED) is 0.163. The number of fused-ring (bicyclic) bond motifs is 3. The van der Waals surface area contributed by atoms with E-state index in [1.807, 2.05) is 42.5 Å². The van der Waals surface area contributed by atoms with Gasteiger partial charge in [-0.1, -0.05) is 67.8 Å². The van der Waals surface area contributed by atoms with Gasteiger partial charge in [-0.25, -0.2) is 4.79 Å². The summed E-state index contributed by atoms with van der Waals surface area (Å²) in [6.07, 6.45) is 11.6. The molecule has 4 aromatic rings. The van der Waals surface area contributed by atoms with Crippen molar-refractivity contribution >= 4 is 44.1 Å². The van der Waals surface area contributed by atoms with Crippen molar-refractivity contribution < 1.29 is 4.74 Å². The predicted octanol–water partition coefficient (Wildman–Crippen LogP) is 6.34. The lowest BCUT2D eigenvalue weighted by atomic mass is 10.1. The minimum absolute atomic E-state index is 0.305. The number of nitrogens with one attached hydrogen (secondary N) is 2.